The molecular formula is C33H40F12N7S2+. The lowest BCUT2D eigenvalue weighted by molar-refractivity contribution is -0.634. The lowest BCUT2D eigenvalue weighted by Crippen LogP contribution is -2.95. The average Bonchev–Trinajstić information content (AvgIpc) is 3.56. The van der Waals surface area contributed by atoms with Crippen molar-refractivity contribution in [3.8, 4) is 0 Å². The van der Waals surface area contributed by atoms with E-state index >= 15 is 0 Å². The van der Waals surface area contributed by atoms with Gasteiger partial charge in [-0.2, -0.15) is 52.7 Å². The maximum absolute atomic E-state index is 13.4. The molecule has 2 aromatic rings. The Balaban J connectivity index is 1.75. The third-order valence-corrected chi connectivity index (χ3v) is 8.79. The van der Waals surface area contributed by atoms with Gasteiger partial charge in [0.25, 0.3) is 0 Å². The van der Waals surface area contributed by atoms with Gasteiger partial charge in [-0.1, -0.05) is 27.7 Å². The van der Waals surface area contributed by atoms with E-state index in [0.717, 1.165) is 12.8 Å². The van der Waals surface area contributed by atoms with Crippen molar-refractivity contribution in [2.24, 2.45) is 16.8 Å². The van der Waals surface area contributed by atoms with Gasteiger partial charge in [0.2, 0.25) is 0 Å². The topological polar surface area (TPSA) is 80.1 Å². The highest BCUT2D eigenvalue weighted by molar-refractivity contribution is 7.80. The summed E-state index contributed by atoms with van der Waals surface area (Å²) in [5.74, 6) is 0.370. The van der Waals surface area contributed by atoms with E-state index in [9.17, 15) is 52.7 Å². The molecule has 0 aliphatic carbocycles. The standard InChI is InChI=1S/C33H39F12N7S2/c1-17(2)25(50-28(53)48-23-11-19(30(34,35)36)9-20(12-23)31(37,38)39)15-46-27(52-7-5-6-8-52)47-16-26(18(3)4)51-29(54)49-24-13-21(32(40,41)42)10-22(14-24)33(43,44)45/h9-14,17-18,25-26H,5-8,15-16H2,1-4H3,(H5,46,47,48,49,50,51,53,54)/p+1/t25-,26-/m1/s1. The molecule has 21 heteroatoms. The Hall–Kier alpha value is -3.59. The number of aliphatic imine (C=N–C) groups is 1. The zero-order chi connectivity index (χ0) is 40.8. The number of nitrogens with two attached hydrogens (primary N) is 1. The molecular weight excluding hydrogens is 787 g/mol. The summed E-state index contributed by atoms with van der Waals surface area (Å²) in [7, 11) is 0. The first-order chi connectivity index (χ1) is 24.7. The van der Waals surface area contributed by atoms with Gasteiger partial charge in [0.15, 0.2) is 5.11 Å². The molecule has 0 saturated carbocycles. The van der Waals surface area contributed by atoms with Crippen molar-refractivity contribution < 1.29 is 62.6 Å². The normalized spacial score (nSPS) is 15.7. The molecule has 0 spiro atoms. The number of thiocarbonyl (C=S) groups is 1. The second kappa shape index (κ2) is 17.9. The van der Waals surface area contributed by atoms with Crippen molar-refractivity contribution in [1.29, 1.82) is 0 Å². The molecule has 1 heterocycles. The van der Waals surface area contributed by atoms with Gasteiger partial charge in [0.1, 0.15) is 13.1 Å². The van der Waals surface area contributed by atoms with E-state index in [0.29, 0.717) is 49.9 Å². The molecule has 302 valence electrons. The molecule has 3 rings (SSSR count). The zero-order valence-electron chi connectivity index (χ0n) is 29.3. The molecule has 0 amide bonds. The summed E-state index contributed by atoms with van der Waals surface area (Å²) in [4.78, 5) is 4.37. The van der Waals surface area contributed by atoms with Gasteiger partial charge in [-0.25, -0.2) is 15.2 Å². The minimum absolute atomic E-state index is 0.00522. The van der Waals surface area contributed by atoms with E-state index in [1.54, 1.807) is 13.8 Å². The molecule has 1 saturated heterocycles. The number of guanidine groups is 1. The van der Waals surface area contributed by atoms with Crippen molar-refractivity contribution in [2.45, 2.75) is 77.3 Å². The zero-order valence-corrected chi connectivity index (χ0v) is 31.0. The fourth-order valence-electron chi connectivity index (χ4n) is 5.34. The van der Waals surface area contributed by atoms with Crippen LogP contribution in [0.5, 0.6) is 0 Å². The Kier molecular flexibility index (Phi) is 14.9. The number of hydrogen-bond acceptors (Lipinski definition) is 3. The van der Waals surface area contributed by atoms with Crippen LogP contribution in [0.2, 0.25) is 0 Å². The van der Waals surface area contributed by atoms with Crippen LogP contribution in [-0.2, 0) is 37.3 Å². The molecule has 0 unspecified atom stereocenters. The van der Waals surface area contributed by atoms with Crippen LogP contribution in [0, 0.1) is 11.8 Å². The summed E-state index contributed by atoms with van der Waals surface area (Å²) in [6.07, 6.45) is -18.4. The van der Waals surface area contributed by atoms with E-state index in [-0.39, 0.29) is 40.8 Å². The predicted octanol–water partition coefficient (Wildman–Crippen LogP) is 7.43. The maximum Gasteiger partial charge on any atom is 0.440 e. The number of anilines is 2. The fourth-order valence-corrected chi connectivity index (χ4v) is 5.87. The molecule has 1 aliphatic heterocycles. The second-order valence-electron chi connectivity index (χ2n) is 13.3. The Morgan fingerprint density at radius 2 is 1.15 bits per heavy atom. The molecule has 7 nitrogen and oxygen atoms in total. The van der Waals surface area contributed by atoms with Crippen LogP contribution in [0.1, 0.15) is 62.8 Å². The quantitative estimate of drug-likeness (QED) is 0.0429. The summed E-state index contributed by atoms with van der Waals surface area (Å²) in [6, 6.07) is 1.06. The number of quaternary nitrogens is 1. The van der Waals surface area contributed by atoms with Gasteiger partial charge in [0, 0.05) is 11.4 Å². The molecule has 6 N–H and O–H groups in total. The smallest absolute Gasteiger partial charge is 0.440 e. The van der Waals surface area contributed by atoms with Crippen molar-refractivity contribution in [2.75, 3.05) is 36.8 Å². The van der Waals surface area contributed by atoms with Crippen LogP contribution in [0.25, 0.3) is 0 Å². The summed E-state index contributed by atoms with van der Waals surface area (Å²) < 4.78 is 162. The van der Waals surface area contributed by atoms with Crippen LogP contribution < -0.4 is 26.6 Å². The van der Waals surface area contributed by atoms with Gasteiger partial charge in [-0.3, -0.25) is 4.99 Å². The maximum atomic E-state index is 13.4. The molecule has 1 fully saturated rings. The summed E-state index contributed by atoms with van der Waals surface area (Å²) in [5.41, 5.74) is -7.06. The van der Waals surface area contributed by atoms with Gasteiger partial charge >= 0.3 is 30.7 Å². The molecule has 2 aromatic carbocycles. The monoisotopic (exact) mass is 826 g/mol. The number of nitrogens with one attached hydrogen (secondary N) is 4. The number of rotatable bonds is 10. The number of amidine groups is 1. The first kappa shape index (κ1) is 44.8. The molecule has 0 bridgehead atoms. The fraction of sp³-hybridized carbons (Fsp3) is 0.545. The van der Waals surface area contributed by atoms with Crippen LogP contribution in [-0.4, -0.2) is 59.1 Å². The Morgan fingerprint density at radius 1 is 0.722 bits per heavy atom. The Labute approximate surface area is 314 Å². The third-order valence-electron chi connectivity index (χ3n) is 8.36. The van der Waals surface area contributed by atoms with Crippen LogP contribution in [0.15, 0.2) is 41.4 Å². The van der Waals surface area contributed by atoms with E-state index in [1.807, 2.05) is 19.2 Å². The highest BCUT2D eigenvalue weighted by Crippen LogP contribution is 2.39. The van der Waals surface area contributed by atoms with Crippen molar-refractivity contribution in [3.05, 3.63) is 58.7 Å². The Morgan fingerprint density at radius 3 is 1.54 bits per heavy atom. The number of hydrogen-bond donors (Lipinski definition) is 5. The lowest BCUT2D eigenvalue weighted by atomic mass is 10.0. The number of halogens is 12. The molecule has 0 radical (unpaired) electrons. The minimum Gasteiger partial charge on any atom is -0.743 e. The van der Waals surface area contributed by atoms with E-state index in [4.69, 9.17) is 24.8 Å². The van der Waals surface area contributed by atoms with E-state index in [1.165, 1.54) is 0 Å². The average molecular weight is 827 g/mol. The SMILES string of the molecule is CC(C)[C@@H](CNC([NH2+]C[C@@H](NC(=S)Nc1cc(C(F)(F)F)cc(C(F)(F)F)c1)C(C)C)=[N+]1CCCC1)N=C([S-])Nc1cc(C(F)(F)F)cc(C(F)(F)F)c1. The number of alkyl halides is 12. The molecule has 1 aliphatic rings. The number of benzene rings is 2. The van der Waals surface area contributed by atoms with Gasteiger partial charge in [-0.05, 0) is 78.5 Å². The van der Waals surface area contributed by atoms with Crippen molar-refractivity contribution in [3.63, 3.8) is 0 Å². The summed E-state index contributed by atoms with van der Waals surface area (Å²) in [6.45, 7) is 9.13. The third kappa shape index (κ3) is 13.6. The van der Waals surface area contributed by atoms with Crippen LogP contribution in [0.3, 0.4) is 0 Å². The van der Waals surface area contributed by atoms with Gasteiger partial charge in [-0.15, -0.1) is 0 Å². The van der Waals surface area contributed by atoms with Crippen LogP contribution in [0.4, 0.5) is 64.1 Å². The highest BCUT2D eigenvalue weighted by Gasteiger charge is 2.38. The summed E-state index contributed by atoms with van der Waals surface area (Å²) in [5, 5.41) is 12.4. The largest absolute Gasteiger partial charge is 0.743 e. The van der Waals surface area contributed by atoms with Crippen molar-refractivity contribution >= 4 is 52.5 Å². The minimum atomic E-state index is -5.05. The first-order valence-corrected chi connectivity index (χ1v) is 17.4. The van der Waals surface area contributed by atoms with Gasteiger partial charge in [0.05, 0.1) is 47.4 Å². The Bertz CT molecular complexity index is 1590. The van der Waals surface area contributed by atoms with Crippen molar-refractivity contribution in [1.82, 2.24) is 10.6 Å². The molecule has 54 heavy (non-hydrogen) atoms. The summed E-state index contributed by atoms with van der Waals surface area (Å²) >= 11 is 10.5. The number of nitrogens with zero attached hydrogens (tertiary/aromatic N) is 2. The highest BCUT2D eigenvalue weighted by atomic mass is 32.1. The van der Waals surface area contributed by atoms with Crippen LogP contribution >= 0.6 is 12.2 Å². The lowest BCUT2D eigenvalue weighted by Gasteiger charge is -2.24. The molecule has 0 aromatic heterocycles. The molecule has 2 atom stereocenters. The van der Waals surface area contributed by atoms with E-state index in [2.05, 4.69) is 30.8 Å². The second-order valence-corrected chi connectivity index (χ2v) is 14.1. The first-order valence-electron chi connectivity index (χ1n) is 16.6. The predicted molar refractivity (Wildman–Crippen MR) is 187 cm³/mol. The van der Waals surface area contributed by atoms with E-state index < -0.39 is 70.4 Å². The van der Waals surface area contributed by atoms with Gasteiger partial charge < -0.3 is 28.6 Å².